The van der Waals surface area contributed by atoms with Gasteiger partial charge in [0.15, 0.2) is 0 Å². The third kappa shape index (κ3) is 21.3. The summed E-state index contributed by atoms with van der Waals surface area (Å²) in [5, 5.41) is 8.82. The Kier molecular flexibility index (Phi) is 10.5. The third-order valence-corrected chi connectivity index (χ3v) is 2.08. The minimum atomic E-state index is -0.627. The van der Waals surface area contributed by atoms with E-state index in [1.807, 2.05) is 6.92 Å². The molecule has 1 atom stereocenters. The van der Waals surface area contributed by atoms with Crippen molar-refractivity contribution in [3.05, 3.63) is 0 Å². The van der Waals surface area contributed by atoms with E-state index in [1.165, 1.54) is 0 Å². The maximum atomic E-state index is 10.7. The average Bonchev–Trinajstić information content (AvgIpc) is 2.08. The van der Waals surface area contributed by atoms with Crippen molar-refractivity contribution in [2.45, 2.75) is 74.1 Å². The van der Waals surface area contributed by atoms with Crippen molar-refractivity contribution in [2.24, 2.45) is 17.3 Å². The maximum Gasteiger partial charge on any atom is 0.306 e. The van der Waals surface area contributed by atoms with Gasteiger partial charge in [-0.15, -0.1) is 0 Å². The van der Waals surface area contributed by atoms with E-state index in [0.717, 1.165) is 25.7 Å². The van der Waals surface area contributed by atoms with Gasteiger partial charge in [-0.25, -0.2) is 0 Å². The van der Waals surface area contributed by atoms with Crippen LogP contribution in [-0.4, -0.2) is 11.1 Å². The highest BCUT2D eigenvalue weighted by atomic mass is 16.4. The molecule has 0 heterocycles. The van der Waals surface area contributed by atoms with Crippen LogP contribution in [0.1, 0.15) is 74.1 Å². The summed E-state index contributed by atoms with van der Waals surface area (Å²) in [6.45, 7) is 15.0. The second kappa shape index (κ2) is 9.49. The topological polar surface area (TPSA) is 37.3 Å². The van der Waals surface area contributed by atoms with E-state index in [0.29, 0.717) is 11.3 Å². The van der Waals surface area contributed by atoms with E-state index in [1.54, 1.807) is 0 Å². The third-order valence-electron chi connectivity index (χ3n) is 2.08. The summed E-state index contributed by atoms with van der Waals surface area (Å²) in [4.78, 5) is 10.7. The van der Waals surface area contributed by atoms with Crippen LogP contribution in [0.3, 0.4) is 0 Å². The van der Waals surface area contributed by atoms with Gasteiger partial charge in [0.25, 0.3) is 0 Å². The quantitative estimate of drug-likeness (QED) is 0.715. The Morgan fingerprint density at radius 1 is 1.06 bits per heavy atom. The number of hydrogen-bond acceptors (Lipinski definition) is 1. The lowest BCUT2D eigenvalue weighted by Crippen LogP contribution is -2.14. The molecule has 0 saturated carbocycles. The smallest absolute Gasteiger partial charge is 0.306 e. The first-order chi connectivity index (χ1) is 7.57. The molecule has 0 aromatic carbocycles. The Bertz CT molecular complexity index is 184. The molecule has 2 heteroatoms. The molecule has 0 spiro atoms. The number of carboxylic acid groups (broad SMARTS) is 1. The van der Waals surface area contributed by atoms with E-state index in [-0.39, 0.29) is 5.92 Å². The molecule has 2 nitrogen and oxygen atoms in total. The van der Waals surface area contributed by atoms with Gasteiger partial charge in [0.1, 0.15) is 0 Å². The Morgan fingerprint density at radius 2 is 1.47 bits per heavy atom. The Balaban J connectivity index is 0. The molecule has 17 heavy (non-hydrogen) atoms. The lowest BCUT2D eigenvalue weighted by Gasteiger charge is -2.11. The van der Waals surface area contributed by atoms with Crippen molar-refractivity contribution in [1.29, 1.82) is 0 Å². The molecule has 0 aliphatic carbocycles. The van der Waals surface area contributed by atoms with E-state index in [9.17, 15) is 4.79 Å². The fourth-order valence-corrected chi connectivity index (χ4v) is 1.27. The molecule has 0 saturated heterocycles. The van der Waals surface area contributed by atoms with E-state index >= 15 is 0 Å². The van der Waals surface area contributed by atoms with Crippen LogP contribution in [0.5, 0.6) is 0 Å². The maximum absolute atomic E-state index is 10.7. The largest absolute Gasteiger partial charge is 0.481 e. The molecule has 0 aromatic heterocycles. The molecular weight excluding hydrogens is 212 g/mol. The highest BCUT2D eigenvalue weighted by Gasteiger charge is 2.15. The van der Waals surface area contributed by atoms with Gasteiger partial charge >= 0.3 is 5.97 Å². The van der Waals surface area contributed by atoms with Gasteiger partial charge in [-0.05, 0) is 24.2 Å². The molecule has 0 aliphatic heterocycles. The molecular formula is C15H32O2. The molecule has 0 radical (unpaired) electrons. The highest BCUT2D eigenvalue weighted by Crippen LogP contribution is 2.17. The zero-order valence-electron chi connectivity index (χ0n) is 12.8. The van der Waals surface area contributed by atoms with Gasteiger partial charge in [0, 0.05) is 0 Å². The second-order valence-electron chi connectivity index (χ2n) is 6.80. The van der Waals surface area contributed by atoms with Crippen molar-refractivity contribution in [3.63, 3.8) is 0 Å². The van der Waals surface area contributed by atoms with Crippen LogP contribution < -0.4 is 0 Å². The zero-order chi connectivity index (χ0) is 14.1. The fraction of sp³-hybridized carbons (Fsp3) is 0.933. The van der Waals surface area contributed by atoms with Crippen LogP contribution in [0.15, 0.2) is 0 Å². The van der Waals surface area contributed by atoms with Crippen molar-refractivity contribution < 1.29 is 9.90 Å². The first-order valence-corrected chi connectivity index (χ1v) is 6.80. The number of carbonyl (C=O) groups is 1. The summed E-state index contributed by atoms with van der Waals surface area (Å²) in [5.74, 6) is -0.126. The van der Waals surface area contributed by atoms with Crippen molar-refractivity contribution >= 4 is 5.97 Å². The average molecular weight is 244 g/mol. The van der Waals surface area contributed by atoms with E-state index in [4.69, 9.17) is 5.11 Å². The number of carboxylic acids is 1. The van der Waals surface area contributed by atoms with Gasteiger partial charge < -0.3 is 5.11 Å². The molecule has 104 valence electrons. The molecule has 0 amide bonds. The summed E-state index contributed by atoms with van der Waals surface area (Å²) in [7, 11) is 0. The van der Waals surface area contributed by atoms with Crippen LogP contribution in [-0.2, 0) is 4.79 Å². The molecule has 0 aliphatic rings. The lowest BCUT2D eigenvalue weighted by atomic mass is 9.94. The van der Waals surface area contributed by atoms with Crippen LogP contribution in [0.4, 0.5) is 0 Å². The van der Waals surface area contributed by atoms with Gasteiger partial charge in [-0.1, -0.05) is 61.3 Å². The first-order valence-electron chi connectivity index (χ1n) is 6.80. The van der Waals surface area contributed by atoms with E-state index in [2.05, 4.69) is 41.5 Å². The van der Waals surface area contributed by atoms with Gasteiger partial charge in [0.2, 0.25) is 0 Å². The summed E-state index contributed by atoms with van der Waals surface area (Å²) < 4.78 is 0. The molecule has 0 fully saturated rings. The van der Waals surface area contributed by atoms with Crippen LogP contribution in [0, 0.1) is 17.3 Å². The summed E-state index contributed by atoms with van der Waals surface area (Å²) in [6, 6.07) is 0. The SMILES string of the molecule is CC(C)(C)C.CCCC(CCC(C)C)C(=O)O. The predicted molar refractivity (Wildman–Crippen MR) is 75.2 cm³/mol. The van der Waals surface area contributed by atoms with Crippen LogP contribution in [0.25, 0.3) is 0 Å². The predicted octanol–water partition coefficient (Wildman–Crippen LogP) is 4.98. The Labute approximate surface area is 108 Å². The normalized spacial score (nSPS) is 12.9. The van der Waals surface area contributed by atoms with Gasteiger partial charge in [-0.2, -0.15) is 0 Å². The fourth-order valence-electron chi connectivity index (χ4n) is 1.27. The first kappa shape index (κ1) is 18.8. The lowest BCUT2D eigenvalue weighted by molar-refractivity contribution is -0.142. The van der Waals surface area contributed by atoms with Crippen LogP contribution >= 0.6 is 0 Å². The highest BCUT2D eigenvalue weighted by molar-refractivity contribution is 5.69. The Hall–Kier alpha value is -0.530. The van der Waals surface area contributed by atoms with Gasteiger partial charge in [-0.3, -0.25) is 4.79 Å². The summed E-state index contributed by atoms with van der Waals surface area (Å²) >= 11 is 0. The Morgan fingerprint density at radius 3 is 1.71 bits per heavy atom. The summed E-state index contributed by atoms with van der Waals surface area (Å²) in [5.41, 5.74) is 0.500. The monoisotopic (exact) mass is 244 g/mol. The van der Waals surface area contributed by atoms with Gasteiger partial charge in [0.05, 0.1) is 5.92 Å². The van der Waals surface area contributed by atoms with Crippen molar-refractivity contribution in [2.75, 3.05) is 0 Å². The van der Waals surface area contributed by atoms with E-state index < -0.39 is 5.97 Å². The standard InChI is InChI=1S/C10H20O2.C5H12/c1-4-5-9(10(11)12)7-6-8(2)3;1-5(2,3)4/h8-9H,4-7H2,1-3H3,(H,11,12);1-4H3. The summed E-state index contributed by atoms with van der Waals surface area (Å²) in [6.07, 6.45) is 3.65. The minimum Gasteiger partial charge on any atom is -0.481 e. The van der Waals surface area contributed by atoms with Crippen LogP contribution in [0.2, 0.25) is 0 Å². The van der Waals surface area contributed by atoms with Crippen molar-refractivity contribution in [1.82, 2.24) is 0 Å². The molecule has 0 rings (SSSR count). The number of aliphatic carboxylic acids is 1. The molecule has 0 aromatic rings. The minimum absolute atomic E-state index is 0.114. The number of rotatable bonds is 6. The van der Waals surface area contributed by atoms with Crippen molar-refractivity contribution in [3.8, 4) is 0 Å². The molecule has 1 N–H and O–H groups in total. The second-order valence-corrected chi connectivity index (χ2v) is 6.80. The molecule has 0 bridgehead atoms. The zero-order valence-corrected chi connectivity index (χ0v) is 12.8. The number of hydrogen-bond donors (Lipinski definition) is 1. The molecule has 1 unspecified atom stereocenters.